The van der Waals surface area contributed by atoms with Crippen LogP contribution in [0.2, 0.25) is 0 Å². The fourth-order valence-electron chi connectivity index (χ4n) is 0.913. The number of carbonyl (C=O) groups is 4. The van der Waals surface area contributed by atoms with Crippen molar-refractivity contribution in [1.29, 1.82) is 0 Å². The van der Waals surface area contributed by atoms with Gasteiger partial charge < -0.3 is 25.7 Å². The Kier molecular flexibility index (Phi) is 4.73. The molecular weight excluding hydrogens is 226 g/mol. The molecule has 0 saturated carbocycles. The summed E-state index contributed by atoms with van der Waals surface area (Å²) in [4.78, 5) is 41.5. The fraction of sp³-hybridized carbons (Fsp3) is 0.429. The second kappa shape index (κ2) is 5.53. The lowest BCUT2D eigenvalue weighted by molar-refractivity contribution is -0.155. The molecule has 0 aromatic carbocycles. The molecule has 0 fully saturated rings. The minimum atomic E-state index is -1.98. The lowest BCUT2D eigenvalue weighted by Crippen LogP contribution is -2.43. The van der Waals surface area contributed by atoms with Crippen LogP contribution in [-0.4, -0.2) is 50.5 Å². The molecule has 5 N–H and O–H groups in total. The summed E-state index contributed by atoms with van der Waals surface area (Å²) in [5.41, 5.74) is 0. The third kappa shape index (κ3) is 4.26. The van der Waals surface area contributed by atoms with E-state index in [0.717, 1.165) is 0 Å². The zero-order valence-corrected chi connectivity index (χ0v) is 7.78. The second-order valence-electron chi connectivity index (χ2n) is 2.81. The van der Waals surface area contributed by atoms with Crippen LogP contribution in [0.25, 0.3) is 0 Å². The minimum absolute atomic E-state index is 0.869. The molecule has 0 aromatic heterocycles. The Morgan fingerprint density at radius 3 is 1.56 bits per heavy atom. The van der Waals surface area contributed by atoms with Crippen LogP contribution in [0.3, 0.4) is 0 Å². The van der Waals surface area contributed by atoms with Crippen molar-refractivity contribution in [2.75, 3.05) is 0 Å². The van der Waals surface area contributed by atoms with Crippen molar-refractivity contribution < 1.29 is 39.6 Å². The van der Waals surface area contributed by atoms with Gasteiger partial charge in [0.15, 0.2) is 5.92 Å². The summed E-state index contributed by atoms with van der Waals surface area (Å²) >= 11 is 0. The average Bonchev–Trinajstić information content (AvgIpc) is 2.09. The molecule has 0 aliphatic heterocycles. The molecule has 0 aliphatic carbocycles. The maximum atomic E-state index is 10.5. The third-order valence-electron chi connectivity index (χ3n) is 1.66. The SMILES string of the molecule is O=C(O)N[C@@H](CC(C(=O)O)C(=O)O)C(=O)O. The predicted molar refractivity (Wildman–Crippen MR) is 46.0 cm³/mol. The number of hydrogen-bond donors (Lipinski definition) is 5. The number of rotatable bonds is 6. The van der Waals surface area contributed by atoms with Crippen molar-refractivity contribution in [3.8, 4) is 0 Å². The van der Waals surface area contributed by atoms with Gasteiger partial charge in [-0.15, -0.1) is 0 Å². The maximum absolute atomic E-state index is 10.5. The largest absolute Gasteiger partial charge is 0.481 e. The summed E-state index contributed by atoms with van der Waals surface area (Å²) in [6.45, 7) is 0. The molecule has 0 unspecified atom stereocenters. The van der Waals surface area contributed by atoms with Gasteiger partial charge in [-0.3, -0.25) is 9.59 Å². The summed E-state index contributed by atoms with van der Waals surface area (Å²) in [6, 6.07) is -1.78. The standard InChI is InChI=1S/C7H9NO8/c9-4(10)2(5(11)12)1-3(6(13)14)8-7(15)16/h2-3,8H,1H2,(H,9,10)(H,11,12)(H,13,14)(H,15,16)/t3-/m0/s1. The van der Waals surface area contributed by atoms with Crippen LogP contribution in [0.15, 0.2) is 0 Å². The Hall–Kier alpha value is -2.32. The number of hydrogen-bond acceptors (Lipinski definition) is 4. The van der Waals surface area contributed by atoms with Gasteiger partial charge in [-0.25, -0.2) is 9.59 Å². The lowest BCUT2D eigenvalue weighted by atomic mass is 10.0. The van der Waals surface area contributed by atoms with Gasteiger partial charge in [0.25, 0.3) is 0 Å². The number of amides is 1. The van der Waals surface area contributed by atoms with Gasteiger partial charge in [0, 0.05) is 6.42 Å². The highest BCUT2D eigenvalue weighted by Gasteiger charge is 2.33. The molecular formula is C7H9NO8. The Bertz CT molecular complexity index is 310. The molecule has 0 aromatic rings. The number of nitrogens with one attached hydrogen (secondary N) is 1. The van der Waals surface area contributed by atoms with Gasteiger partial charge in [-0.1, -0.05) is 0 Å². The van der Waals surface area contributed by atoms with E-state index < -0.39 is 42.4 Å². The van der Waals surface area contributed by atoms with E-state index in [2.05, 4.69) is 0 Å². The minimum Gasteiger partial charge on any atom is -0.481 e. The first-order valence-electron chi connectivity index (χ1n) is 3.93. The van der Waals surface area contributed by atoms with Crippen molar-refractivity contribution in [2.24, 2.45) is 5.92 Å². The van der Waals surface area contributed by atoms with E-state index >= 15 is 0 Å². The van der Waals surface area contributed by atoms with Crippen LogP contribution in [0.4, 0.5) is 4.79 Å². The van der Waals surface area contributed by atoms with E-state index in [-0.39, 0.29) is 0 Å². The first kappa shape index (κ1) is 13.7. The number of aliphatic carboxylic acids is 3. The van der Waals surface area contributed by atoms with E-state index in [9.17, 15) is 19.2 Å². The fourth-order valence-corrected chi connectivity index (χ4v) is 0.913. The molecule has 1 amide bonds. The van der Waals surface area contributed by atoms with E-state index in [1.165, 1.54) is 5.32 Å². The number of carboxylic acid groups (broad SMARTS) is 4. The van der Waals surface area contributed by atoms with Crippen molar-refractivity contribution in [3.63, 3.8) is 0 Å². The van der Waals surface area contributed by atoms with Crippen molar-refractivity contribution >= 4 is 24.0 Å². The monoisotopic (exact) mass is 235 g/mol. The van der Waals surface area contributed by atoms with Crippen molar-refractivity contribution in [3.05, 3.63) is 0 Å². The van der Waals surface area contributed by atoms with E-state index in [4.69, 9.17) is 20.4 Å². The summed E-state index contributed by atoms with van der Waals surface area (Å²) < 4.78 is 0. The molecule has 90 valence electrons. The summed E-state index contributed by atoms with van der Waals surface area (Å²) in [5.74, 6) is -7.08. The lowest BCUT2D eigenvalue weighted by Gasteiger charge is -2.14. The van der Waals surface area contributed by atoms with Gasteiger partial charge in [0.1, 0.15) is 6.04 Å². The van der Waals surface area contributed by atoms with E-state index in [1.54, 1.807) is 0 Å². The quantitative estimate of drug-likeness (QED) is 0.361. The third-order valence-corrected chi connectivity index (χ3v) is 1.66. The summed E-state index contributed by atoms with van der Waals surface area (Å²) in [7, 11) is 0. The molecule has 0 aliphatic rings. The smallest absolute Gasteiger partial charge is 0.405 e. The van der Waals surface area contributed by atoms with Crippen LogP contribution in [-0.2, 0) is 14.4 Å². The van der Waals surface area contributed by atoms with Crippen molar-refractivity contribution in [1.82, 2.24) is 5.32 Å². The molecule has 0 heterocycles. The van der Waals surface area contributed by atoms with E-state index in [1.807, 2.05) is 0 Å². The first-order valence-corrected chi connectivity index (χ1v) is 3.93. The van der Waals surface area contributed by atoms with E-state index in [0.29, 0.717) is 0 Å². The van der Waals surface area contributed by atoms with Crippen LogP contribution in [0, 0.1) is 5.92 Å². The predicted octanol–water partition coefficient (Wildman–Crippen LogP) is -1.12. The van der Waals surface area contributed by atoms with Gasteiger partial charge in [-0.05, 0) is 0 Å². The van der Waals surface area contributed by atoms with Gasteiger partial charge in [0.05, 0.1) is 0 Å². The molecule has 0 radical (unpaired) electrons. The molecule has 0 spiro atoms. The Morgan fingerprint density at radius 2 is 1.31 bits per heavy atom. The van der Waals surface area contributed by atoms with Crippen LogP contribution in [0.1, 0.15) is 6.42 Å². The topological polar surface area (TPSA) is 161 Å². The van der Waals surface area contributed by atoms with Crippen LogP contribution in [0.5, 0.6) is 0 Å². The van der Waals surface area contributed by atoms with Crippen LogP contribution >= 0.6 is 0 Å². The normalized spacial score (nSPS) is 11.8. The molecule has 0 saturated heterocycles. The molecule has 0 rings (SSSR count). The highest BCUT2D eigenvalue weighted by Crippen LogP contribution is 2.08. The molecule has 9 heteroatoms. The average molecular weight is 235 g/mol. The van der Waals surface area contributed by atoms with Crippen molar-refractivity contribution in [2.45, 2.75) is 12.5 Å². The highest BCUT2D eigenvalue weighted by molar-refractivity contribution is 5.93. The maximum Gasteiger partial charge on any atom is 0.405 e. The molecule has 0 bridgehead atoms. The zero-order chi connectivity index (χ0) is 12.9. The molecule has 9 nitrogen and oxygen atoms in total. The Morgan fingerprint density at radius 1 is 0.875 bits per heavy atom. The summed E-state index contributed by atoms with van der Waals surface area (Å²) in [5, 5.41) is 35.2. The van der Waals surface area contributed by atoms with Crippen LogP contribution < -0.4 is 5.32 Å². The van der Waals surface area contributed by atoms with Gasteiger partial charge in [0.2, 0.25) is 0 Å². The number of carboxylic acids is 3. The van der Waals surface area contributed by atoms with Gasteiger partial charge >= 0.3 is 24.0 Å². The molecule has 16 heavy (non-hydrogen) atoms. The van der Waals surface area contributed by atoms with Gasteiger partial charge in [-0.2, -0.15) is 0 Å². The Balaban J connectivity index is 4.71. The second-order valence-corrected chi connectivity index (χ2v) is 2.81. The highest BCUT2D eigenvalue weighted by atomic mass is 16.4. The summed E-state index contributed by atoms with van der Waals surface area (Å²) in [6.07, 6.45) is -2.55. The first-order chi connectivity index (χ1) is 7.25. The molecule has 1 atom stereocenters. The Labute approximate surface area is 88.3 Å². The zero-order valence-electron chi connectivity index (χ0n) is 7.78.